The summed E-state index contributed by atoms with van der Waals surface area (Å²) in [6.45, 7) is 0. The van der Waals surface area contributed by atoms with Crippen molar-refractivity contribution in [1.29, 1.82) is 0 Å². The molecular weight excluding hydrogens is 265 g/mol. The molecule has 4 heteroatoms. The first-order valence-electron chi connectivity index (χ1n) is 4.16. The lowest BCUT2D eigenvalue weighted by Crippen LogP contribution is -2.02. The number of halogens is 2. The Balaban J connectivity index is 2.45. The van der Waals surface area contributed by atoms with Crippen LogP contribution in [0.1, 0.15) is 11.3 Å². The molecule has 2 nitrogen and oxygen atoms in total. The number of hydrogen-bond acceptors (Lipinski definition) is 2. The molecule has 0 atom stereocenters. The number of ketones is 1. The number of hydrogen-bond donors (Lipinski definition) is 0. The smallest absolute Gasteiger partial charge is 0.177 e. The van der Waals surface area contributed by atoms with E-state index in [-0.39, 0.29) is 11.7 Å². The Bertz CT molecular complexity index is 428. The number of Topliss-reactive ketones (excluding diaryl/α,β-unsaturated/α-hetero) is 1. The Morgan fingerprint density at radius 3 is 3.14 bits per heavy atom. The predicted octanol–water partition coefficient (Wildman–Crippen LogP) is 2.59. The molecule has 0 spiro atoms. The normalized spacial score (nSPS) is 13.7. The Hall–Kier alpha value is -0.670. The van der Waals surface area contributed by atoms with Crippen molar-refractivity contribution in [2.75, 3.05) is 5.88 Å². The number of pyridine rings is 1. The van der Waals surface area contributed by atoms with Crippen LogP contribution in [0.5, 0.6) is 0 Å². The second kappa shape index (κ2) is 3.83. The highest BCUT2D eigenvalue weighted by molar-refractivity contribution is 9.10. The summed E-state index contributed by atoms with van der Waals surface area (Å²) in [5.74, 6) is -0.0112. The minimum Gasteiger partial charge on any atom is -0.293 e. The van der Waals surface area contributed by atoms with Crippen LogP contribution in [-0.2, 0) is 11.2 Å². The molecule has 1 heterocycles. The minimum atomic E-state index is -0.0367. The summed E-state index contributed by atoms with van der Waals surface area (Å²) in [4.78, 5) is 15.7. The Morgan fingerprint density at radius 1 is 1.64 bits per heavy atom. The standard InChI is InChI=1S/C10H7BrClNO/c11-6-3-8-7(10(14)4-12)1-2-9(8)13-5-6/h1,3,5H,2,4H2. The average Bonchev–Trinajstić information content (AvgIpc) is 2.59. The first-order valence-corrected chi connectivity index (χ1v) is 5.49. The van der Waals surface area contributed by atoms with Gasteiger partial charge in [0, 0.05) is 28.2 Å². The number of alkyl halides is 1. The van der Waals surface area contributed by atoms with Crippen LogP contribution in [0.3, 0.4) is 0 Å². The summed E-state index contributed by atoms with van der Waals surface area (Å²) < 4.78 is 0.881. The fourth-order valence-electron chi connectivity index (χ4n) is 1.51. The summed E-state index contributed by atoms with van der Waals surface area (Å²) in [6.07, 6.45) is 4.34. The highest BCUT2D eigenvalue weighted by Crippen LogP contribution is 2.28. The number of rotatable bonds is 2. The average molecular weight is 273 g/mol. The van der Waals surface area contributed by atoms with Crippen molar-refractivity contribution in [2.45, 2.75) is 6.42 Å². The lowest BCUT2D eigenvalue weighted by atomic mass is 10.1. The van der Waals surface area contributed by atoms with E-state index in [1.165, 1.54) is 0 Å². The van der Waals surface area contributed by atoms with Crippen LogP contribution in [0.2, 0.25) is 0 Å². The number of fused-ring (bicyclic) bond motifs is 1. The van der Waals surface area contributed by atoms with Crippen molar-refractivity contribution in [2.24, 2.45) is 0 Å². The van der Waals surface area contributed by atoms with Crippen molar-refractivity contribution < 1.29 is 4.79 Å². The first kappa shape index (κ1) is 9.87. The van der Waals surface area contributed by atoms with Crippen molar-refractivity contribution >= 4 is 38.9 Å². The number of carbonyl (C=O) groups is 1. The molecule has 1 aromatic heterocycles. The molecule has 72 valence electrons. The number of allylic oxidation sites excluding steroid dienone is 2. The van der Waals surface area contributed by atoms with E-state index in [0.717, 1.165) is 22.2 Å². The maximum absolute atomic E-state index is 11.4. The highest BCUT2D eigenvalue weighted by atomic mass is 79.9. The van der Waals surface area contributed by atoms with Gasteiger partial charge in [0.2, 0.25) is 0 Å². The van der Waals surface area contributed by atoms with Gasteiger partial charge in [0.25, 0.3) is 0 Å². The fraction of sp³-hybridized carbons (Fsp3) is 0.200. The topological polar surface area (TPSA) is 30.0 Å². The molecule has 1 aliphatic rings. The molecule has 2 rings (SSSR count). The maximum atomic E-state index is 11.4. The van der Waals surface area contributed by atoms with E-state index in [1.807, 2.05) is 12.1 Å². The third-order valence-corrected chi connectivity index (χ3v) is 2.82. The van der Waals surface area contributed by atoms with Crippen molar-refractivity contribution in [3.05, 3.63) is 34.1 Å². The van der Waals surface area contributed by atoms with E-state index in [9.17, 15) is 4.79 Å². The van der Waals surface area contributed by atoms with Crippen LogP contribution >= 0.6 is 27.5 Å². The summed E-state index contributed by atoms with van der Waals surface area (Å²) >= 11 is 8.85. The van der Waals surface area contributed by atoms with Gasteiger partial charge in [-0.15, -0.1) is 11.6 Å². The third kappa shape index (κ3) is 1.62. The van der Waals surface area contributed by atoms with Crippen LogP contribution in [0.4, 0.5) is 0 Å². The number of nitrogens with zero attached hydrogens (tertiary/aromatic N) is 1. The van der Waals surface area contributed by atoms with Crippen molar-refractivity contribution in [3.8, 4) is 0 Å². The Morgan fingerprint density at radius 2 is 2.43 bits per heavy atom. The van der Waals surface area contributed by atoms with Crippen LogP contribution in [0.15, 0.2) is 22.8 Å². The zero-order chi connectivity index (χ0) is 10.1. The molecule has 0 saturated carbocycles. The third-order valence-electron chi connectivity index (χ3n) is 2.15. The van der Waals surface area contributed by atoms with E-state index >= 15 is 0 Å². The minimum absolute atomic E-state index is 0.0256. The van der Waals surface area contributed by atoms with E-state index in [1.54, 1.807) is 6.20 Å². The molecule has 0 radical (unpaired) electrons. The van der Waals surface area contributed by atoms with Gasteiger partial charge in [-0.3, -0.25) is 9.78 Å². The van der Waals surface area contributed by atoms with Crippen LogP contribution < -0.4 is 0 Å². The van der Waals surface area contributed by atoms with Gasteiger partial charge >= 0.3 is 0 Å². The van der Waals surface area contributed by atoms with Gasteiger partial charge in [-0.05, 0) is 22.0 Å². The van der Waals surface area contributed by atoms with E-state index < -0.39 is 0 Å². The van der Waals surface area contributed by atoms with Gasteiger partial charge in [-0.25, -0.2) is 0 Å². The second-order valence-corrected chi connectivity index (χ2v) is 4.21. The van der Waals surface area contributed by atoms with Gasteiger partial charge in [0.05, 0.1) is 11.6 Å². The van der Waals surface area contributed by atoms with Gasteiger partial charge in [-0.1, -0.05) is 6.08 Å². The molecule has 0 aromatic carbocycles. The van der Waals surface area contributed by atoms with Crippen molar-refractivity contribution in [3.63, 3.8) is 0 Å². The Kier molecular flexibility index (Phi) is 2.70. The van der Waals surface area contributed by atoms with E-state index in [2.05, 4.69) is 20.9 Å². The number of aromatic nitrogens is 1. The SMILES string of the molecule is O=C(CCl)C1=CCc2ncc(Br)cc21. The zero-order valence-electron chi connectivity index (χ0n) is 7.26. The molecule has 14 heavy (non-hydrogen) atoms. The first-order chi connectivity index (χ1) is 6.72. The van der Waals surface area contributed by atoms with E-state index in [0.29, 0.717) is 5.57 Å². The molecule has 0 fully saturated rings. The highest BCUT2D eigenvalue weighted by Gasteiger charge is 2.20. The van der Waals surface area contributed by atoms with Crippen LogP contribution in [0, 0.1) is 0 Å². The van der Waals surface area contributed by atoms with Gasteiger partial charge in [0.1, 0.15) is 0 Å². The van der Waals surface area contributed by atoms with Crippen molar-refractivity contribution in [1.82, 2.24) is 4.98 Å². The maximum Gasteiger partial charge on any atom is 0.177 e. The summed E-state index contributed by atoms with van der Waals surface area (Å²) in [5, 5.41) is 0. The van der Waals surface area contributed by atoms with Gasteiger partial charge in [-0.2, -0.15) is 0 Å². The second-order valence-electron chi connectivity index (χ2n) is 3.03. The lowest BCUT2D eigenvalue weighted by molar-refractivity contribution is -0.111. The molecule has 0 amide bonds. The molecular formula is C10H7BrClNO. The summed E-state index contributed by atoms with van der Waals surface area (Å²) in [6, 6.07) is 1.91. The zero-order valence-corrected chi connectivity index (χ0v) is 9.60. The quantitative estimate of drug-likeness (QED) is 0.775. The molecule has 1 aromatic rings. The summed E-state index contributed by atoms with van der Waals surface area (Å²) in [5.41, 5.74) is 2.55. The monoisotopic (exact) mass is 271 g/mol. The number of carbonyl (C=O) groups excluding carboxylic acids is 1. The van der Waals surface area contributed by atoms with Gasteiger partial charge in [0.15, 0.2) is 5.78 Å². The van der Waals surface area contributed by atoms with E-state index in [4.69, 9.17) is 11.6 Å². The fourth-order valence-corrected chi connectivity index (χ4v) is 1.98. The molecule has 0 bridgehead atoms. The molecule has 0 aliphatic heterocycles. The molecule has 0 N–H and O–H groups in total. The predicted molar refractivity (Wildman–Crippen MR) is 59.3 cm³/mol. The van der Waals surface area contributed by atoms with Crippen LogP contribution in [-0.4, -0.2) is 16.6 Å². The van der Waals surface area contributed by atoms with Crippen LogP contribution in [0.25, 0.3) is 5.57 Å². The molecule has 0 unspecified atom stereocenters. The lowest BCUT2D eigenvalue weighted by Gasteiger charge is -2.02. The van der Waals surface area contributed by atoms with Gasteiger partial charge < -0.3 is 0 Å². The molecule has 0 saturated heterocycles. The summed E-state index contributed by atoms with van der Waals surface area (Å²) in [7, 11) is 0. The Labute approximate surface area is 95.1 Å². The molecule has 1 aliphatic carbocycles. The largest absolute Gasteiger partial charge is 0.293 e.